The van der Waals surface area contributed by atoms with Gasteiger partial charge in [-0.1, -0.05) is 12.1 Å². The number of benzene rings is 1. The van der Waals surface area contributed by atoms with Crippen LogP contribution in [0.4, 0.5) is 4.39 Å². The summed E-state index contributed by atoms with van der Waals surface area (Å²) in [7, 11) is 0. The van der Waals surface area contributed by atoms with Gasteiger partial charge in [-0.05, 0) is 24.3 Å². The van der Waals surface area contributed by atoms with Crippen LogP contribution < -0.4 is 0 Å². The molecule has 0 saturated heterocycles. The van der Waals surface area contributed by atoms with Crippen molar-refractivity contribution in [2.75, 3.05) is 0 Å². The van der Waals surface area contributed by atoms with E-state index in [1.54, 1.807) is 24.3 Å². The van der Waals surface area contributed by atoms with Crippen molar-refractivity contribution in [3.05, 3.63) is 59.7 Å². The van der Waals surface area contributed by atoms with Crippen LogP contribution in [0.3, 0.4) is 0 Å². The van der Waals surface area contributed by atoms with E-state index in [0.29, 0.717) is 16.3 Å². The number of carboxylic acids is 1. The summed E-state index contributed by atoms with van der Waals surface area (Å²) in [6.07, 6.45) is 1.53. The van der Waals surface area contributed by atoms with E-state index in [-0.39, 0.29) is 11.4 Å². The average molecular weight is 263 g/mol. The van der Waals surface area contributed by atoms with Gasteiger partial charge in [0.1, 0.15) is 5.82 Å². The van der Waals surface area contributed by atoms with Gasteiger partial charge in [0.15, 0.2) is 0 Å². The van der Waals surface area contributed by atoms with Crippen LogP contribution in [0.5, 0.6) is 0 Å². The van der Waals surface area contributed by atoms with Crippen LogP contribution in [0.1, 0.15) is 16.1 Å². The van der Waals surface area contributed by atoms with Gasteiger partial charge in [0.2, 0.25) is 0 Å². The van der Waals surface area contributed by atoms with Crippen molar-refractivity contribution in [3.8, 4) is 0 Å². The molecule has 2 rings (SSSR count). The van der Waals surface area contributed by atoms with Crippen LogP contribution in [0, 0.1) is 5.82 Å². The van der Waals surface area contributed by atoms with Crippen LogP contribution in [0.25, 0.3) is 0 Å². The molecule has 0 spiro atoms. The number of thioether (sulfide) groups is 1. The maximum Gasteiger partial charge on any atom is 0.337 e. The summed E-state index contributed by atoms with van der Waals surface area (Å²) < 4.78 is 13.4. The van der Waals surface area contributed by atoms with Gasteiger partial charge in [-0.3, -0.25) is 4.98 Å². The Morgan fingerprint density at radius 2 is 2.06 bits per heavy atom. The topological polar surface area (TPSA) is 50.2 Å². The van der Waals surface area contributed by atoms with Crippen molar-refractivity contribution in [1.29, 1.82) is 0 Å². The first-order valence-corrected chi connectivity index (χ1v) is 6.21. The van der Waals surface area contributed by atoms with Gasteiger partial charge in [-0.25, -0.2) is 9.18 Å². The molecule has 0 unspecified atom stereocenters. The molecule has 0 aliphatic carbocycles. The van der Waals surface area contributed by atoms with Gasteiger partial charge >= 0.3 is 5.97 Å². The number of hydrogen-bond acceptors (Lipinski definition) is 3. The molecule has 0 fully saturated rings. The highest BCUT2D eigenvalue weighted by atomic mass is 32.2. The third-order valence-electron chi connectivity index (χ3n) is 2.32. The largest absolute Gasteiger partial charge is 0.478 e. The smallest absolute Gasteiger partial charge is 0.337 e. The third-order valence-corrected chi connectivity index (χ3v) is 3.38. The lowest BCUT2D eigenvalue weighted by atomic mass is 10.2. The molecule has 0 radical (unpaired) electrons. The fourth-order valence-electron chi connectivity index (χ4n) is 1.46. The second kappa shape index (κ2) is 5.64. The monoisotopic (exact) mass is 263 g/mol. The second-order valence-electron chi connectivity index (χ2n) is 3.52. The van der Waals surface area contributed by atoms with E-state index in [9.17, 15) is 9.18 Å². The molecule has 1 N–H and O–H groups in total. The fraction of sp³-hybridized carbons (Fsp3) is 0.0769. The lowest BCUT2D eigenvalue weighted by Gasteiger charge is -2.05. The first kappa shape index (κ1) is 12.6. The second-order valence-corrected chi connectivity index (χ2v) is 4.54. The van der Waals surface area contributed by atoms with Crippen LogP contribution in [-0.4, -0.2) is 16.1 Å². The molecule has 0 amide bonds. The first-order chi connectivity index (χ1) is 8.68. The maximum atomic E-state index is 13.4. The zero-order chi connectivity index (χ0) is 13.0. The van der Waals surface area contributed by atoms with Crippen molar-refractivity contribution in [1.82, 2.24) is 4.98 Å². The van der Waals surface area contributed by atoms with E-state index in [1.165, 1.54) is 30.1 Å². The number of carbonyl (C=O) groups is 1. The number of aromatic nitrogens is 1. The Bertz CT molecular complexity index is 574. The van der Waals surface area contributed by atoms with Crippen molar-refractivity contribution in [2.45, 2.75) is 10.6 Å². The Hall–Kier alpha value is -1.88. The summed E-state index contributed by atoms with van der Waals surface area (Å²) in [5.74, 6) is -1.01. The van der Waals surface area contributed by atoms with Crippen molar-refractivity contribution in [3.63, 3.8) is 0 Å². The van der Waals surface area contributed by atoms with E-state index < -0.39 is 5.97 Å². The van der Waals surface area contributed by atoms with Crippen molar-refractivity contribution < 1.29 is 14.3 Å². The van der Waals surface area contributed by atoms with Gasteiger partial charge in [-0.15, -0.1) is 11.8 Å². The zero-order valence-electron chi connectivity index (χ0n) is 9.34. The molecule has 0 bridgehead atoms. The Balaban J connectivity index is 2.16. The quantitative estimate of drug-likeness (QED) is 0.860. The fourth-order valence-corrected chi connectivity index (χ4v) is 2.36. The summed E-state index contributed by atoms with van der Waals surface area (Å²) in [6, 6.07) is 9.44. The van der Waals surface area contributed by atoms with Crippen LogP contribution >= 0.6 is 11.8 Å². The maximum absolute atomic E-state index is 13.4. The number of nitrogens with zero attached hydrogens (tertiary/aromatic N) is 1. The molecule has 0 aliphatic heterocycles. The number of aromatic carboxylic acids is 1. The Kier molecular flexibility index (Phi) is 3.94. The molecular weight excluding hydrogens is 253 g/mol. The highest BCUT2D eigenvalue weighted by molar-refractivity contribution is 7.98. The minimum Gasteiger partial charge on any atom is -0.478 e. The normalized spacial score (nSPS) is 10.3. The molecule has 0 atom stereocenters. The van der Waals surface area contributed by atoms with Crippen LogP contribution in [-0.2, 0) is 5.75 Å². The lowest BCUT2D eigenvalue weighted by molar-refractivity contribution is 0.0695. The van der Waals surface area contributed by atoms with Gasteiger partial charge < -0.3 is 5.11 Å². The van der Waals surface area contributed by atoms with Crippen LogP contribution in [0.15, 0.2) is 47.5 Å². The molecule has 2 aromatic rings. The predicted molar refractivity (Wildman–Crippen MR) is 67.2 cm³/mol. The SMILES string of the molecule is O=C(O)c1cccnc1CSc1ccccc1F. The number of carboxylic acid groups (broad SMARTS) is 1. The highest BCUT2D eigenvalue weighted by Gasteiger charge is 2.11. The highest BCUT2D eigenvalue weighted by Crippen LogP contribution is 2.25. The number of pyridine rings is 1. The predicted octanol–water partition coefficient (Wildman–Crippen LogP) is 3.21. The number of hydrogen-bond donors (Lipinski definition) is 1. The summed E-state index contributed by atoms with van der Waals surface area (Å²) in [6.45, 7) is 0. The van der Waals surface area contributed by atoms with Gasteiger partial charge in [-0.2, -0.15) is 0 Å². The average Bonchev–Trinajstić information content (AvgIpc) is 2.38. The Labute approximate surface area is 108 Å². The molecule has 0 saturated carbocycles. The molecule has 1 aromatic carbocycles. The molecular formula is C13H10FNO2S. The van der Waals surface area contributed by atoms with E-state index in [4.69, 9.17) is 5.11 Å². The van der Waals surface area contributed by atoms with Gasteiger partial charge in [0.25, 0.3) is 0 Å². The standard InChI is InChI=1S/C13H10FNO2S/c14-10-5-1-2-6-12(10)18-8-11-9(13(16)17)4-3-7-15-11/h1-7H,8H2,(H,16,17). The molecule has 1 heterocycles. The van der Waals surface area contributed by atoms with E-state index in [1.807, 2.05) is 0 Å². The Morgan fingerprint density at radius 3 is 2.78 bits per heavy atom. The molecule has 92 valence electrons. The first-order valence-electron chi connectivity index (χ1n) is 5.23. The minimum absolute atomic E-state index is 0.154. The summed E-state index contributed by atoms with van der Waals surface area (Å²) in [5.41, 5.74) is 0.597. The molecule has 3 nitrogen and oxygen atoms in total. The summed E-state index contributed by atoms with van der Waals surface area (Å²) in [4.78, 5) is 15.5. The lowest BCUT2D eigenvalue weighted by Crippen LogP contribution is -2.03. The third kappa shape index (κ3) is 2.87. The number of rotatable bonds is 4. The molecule has 0 aliphatic rings. The van der Waals surface area contributed by atoms with Crippen molar-refractivity contribution >= 4 is 17.7 Å². The van der Waals surface area contributed by atoms with E-state index >= 15 is 0 Å². The van der Waals surface area contributed by atoms with Crippen molar-refractivity contribution in [2.24, 2.45) is 0 Å². The van der Waals surface area contributed by atoms with E-state index in [0.717, 1.165) is 0 Å². The molecule has 5 heteroatoms. The number of halogens is 1. The molecule has 18 heavy (non-hydrogen) atoms. The van der Waals surface area contributed by atoms with Gasteiger partial charge in [0.05, 0.1) is 11.3 Å². The zero-order valence-corrected chi connectivity index (χ0v) is 10.2. The van der Waals surface area contributed by atoms with Crippen LogP contribution in [0.2, 0.25) is 0 Å². The summed E-state index contributed by atoms with van der Waals surface area (Å²) in [5, 5.41) is 8.99. The minimum atomic E-state index is -1.02. The van der Waals surface area contributed by atoms with E-state index in [2.05, 4.69) is 4.98 Å². The summed E-state index contributed by atoms with van der Waals surface area (Å²) >= 11 is 1.23. The Morgan fingerprint density at radius 1 is 1.28 bits per heavy atom. The molecule has 1 aromatic heterocycles. The van der Waals surface area contributed by atoms with Gasteiger partial charge in [0, 0.05) is 16.8 Å².